The molecule has 1 aliphatic heterocycles. The first-order chi connectivity index (χ1) is 8.58. The Bertz CT molecular complexity index is 396. The van der Waals surface area contributed by atoms with Crippen molar-refractivity contribution in [2.45, 2.75) is 32.2 Å². The van der Waals surface area contributed by atoms with Crippen LogP contribution in [0.15, 0.2) is 30.3 Å². The van der Waals surface area contributed by atoms with Gasteiger partial charge < -0.3 is 5.11 Å². The minimum absolute atomic E-state index is 0.169. The molecule has 0 saturated carbocycles. The maximum atomic E-state index is 10.9. The lowest BCUT2D eigenvalue weighted by molar-refractivity contribution is -0.139. The van der Waals surface area contributed by atoms with Crippen molar-refractivity contribution in [1.29, 1.82) is 0 Å². The zero-order valence-corrected chi connectivity index (χ0v) is 11.0. The highest BCUT2D eigenvalue weighted by atomic mass is 16.4. The van der Waals surface area contributed by atoms with E-state index in [9.17, 15) is 4.79 Å². The first-order valence-electron chi connectivity index (χ1n) is 6.58. The van der Waals surface area contributed by atoms with Gasteiger partial charge in [-0.3, -0.25) is 9.69 Å². The van der Waals surface area contributed by atoms with Crippen LogP contribution in [0.2, 0.25) is 0 Å². The molecule has 1 heterocycles. The van der Waals surface area contributed by atoms with Crippen LogP contribution in [-0.4, -0.2) is 35.1 Å². The molecule has 1 aliphatic rings. The maximum absolute atomic E-state index is 10.9. The van der Waals surface area contributed by atoms with Crippen LogP contribution in [-0.2, 0) is 4.79 Å². The Morgan fingerprint density at radius 2 is 1.94 bits per heavy atom. The average molecular weight is 247 g/mol. The highest BCUT2D eigenvalue weighted by Gasteiger charge is 2.35. The third kappa shape index (κ3) is 2.91. The van der Waals surface area contributed by atoms with Gasteiger partial charge in [0, 0.05) is 25.0 Å². The number of carboxylic acid groups (broad SMARTS) is 1. The summed E-state index contributed by atoms with van der Waals surface area (Å²) in [5, 5.41) is 8.96. The highest BCUT2D eigenvalue weighted by Crippen LogP contribution is 2.31. The van der Waals surface area contributed by atoms with Crippen molar-refractivity contribution < 1.29 is 9.90 Å². The molecule has 18 heavy (non-hydrogen) atoms. The molecule has 0 bridgehead atoms. The van der Waals surface area contributed by atoms with E-state index in [1.165, 1.54) is 5.56 Å². The van der Waals surface area contributed by atoms with Gasteiger partial charge in [-0.05, 0) is 11.5 Å². The molecule has 2 rings (SSSR count). The van der Waals surface area contributed by atoms with E-state index in [0.717, 1.165) is 13.1 Å². The van der Waals surface area contributed by atoms with Crippen LogP contribution in [0.5, 0.6) is 0 Å². The normalized spacial score (nSPS) is 18.6. The molecule has 1 saturated heterocycles. The van der Waals surface area contributed by atoms with Gasteiger partial charge in [-0.2, -0.15) is 0 Å². The fourth-order valence-electron chi connectivity index (χ4n) is 2.68. The zero-order chi connectivity index (χ0) is 13.1. The van der Waals surface area contributed by atoms with Crippen molar-refractivity contribution in [3.8, 4) is 0 Å². The van der Waals surface area contributed by atoms with Gasteiger partial charge in [0.1, 0.15) is 0 Å². The topological polar surface area (TPSA) is 40.5 Å². The predicted octanol–water partition coefficient (Wildman–Crippen LogP) is 2.59. The van der Waals surface area contributed by atoms with Crippen LogP contribution in [0.4, 0.5) is 0 Å². The van der Waals surface area contributed by atoms with E-state index in [1.54, 1.807) is 0 Å². The van der Waals surface area contributed by atoms with Crippen LogP contribution in [0.3, 0.4) is 0 Å². The standard InChI is InChI=1S/C15H21NO2/c1-11(2)14(8-15(17)18)16-9-13(10-16)12-6-4-3-5-7-12/h3-7,11,13-14H,8-10H2,1-2H3,(H,17,18). The maximum Gasteiger partial charge on any atom is 0.304 e. The second-order valence-corrected chi connectivity index (χ2v) is 5.47. The van der Waals surface area contributed by atoms with E-state index in [1.807, 2.05) is 6.07 Å². The van der Waals surface area contributed by atoms with Crippen molar-refractivity contribution in [2.24, 2.45) is 5.92 Å². The number of rotatable bonds is 5. The largest absolute Gasteiger partial charge is 0.481 e. The van der Waals surface area contributed by atoms with Crippen molar-refractivity contribution >= 4 is 5.97 Å². The third-order valence-electron chi connectivity index (χ3n) is 3.80. The van der Waals surface area contributed by atoms with Crippen molar-refractivity contribution in [1.82, 2.24) is 4.90 Å². The molecule has 0 spiro atoms. The molecule has 1 N–H and O–H groups in total. The quantitative estimate of drug-likeness (QED) is 0.869. The first-order valence-corrected chi connectivity index (χ1v) is 6.58. The molecule has 3 nitrogen and oxygen atoms in total. The van der Waals surface area contributed by atoms with Crippen LogP contribution in [0, 0.1) is 5.92 Å². The van der Waals surface area contributed by atoms with Gasteiger partial charge >= 0.3 is 5.97 Å². The summed E-state index contributed by atoms with van der Waals surface area (Å²) < 4.78 is 0. The second kappa shape index (κ2) is 5.53. The van der Waals surface area contributed by atoms with Crippen molar-refractivity contribution in [3.63, 3.8) is 0 Å². The van der Waals surface area contributed by atoms with E-state index in [4.69, 9.17) is 5.11 Å². The van der Waals surface area contributed by atoms with Gasteiger partial charge in [0.05, 0.1) is 6.42 Å². The lowest BCUT2D eigenvalue weighted by Gasteiger charge is -2.45. The molecule has 98 valence electrons. The third-order valence-corrected chi connectivity index (χ3v) is 3.80. The Balaban J connectivity index is 1.92. The van der Waals surface area contributed by atoms with Gasteiger partial charge in [0.2, 0.25) is 0 Å². The van der Waals surface area contributed by atoms with E-state index < -0.39 is 5.97 Å². The second-order valence-electron chi connectivity index (χ2n) is 5.47. The molecule has 1 unspecified atom stereocenters. The summed E-state index contributed by atoms with van der Waals surface area (Å²) >= 11 is 0. The molecule has 0 aromatic heterocycles. The van der Waals surface area contributed by atoms with Gasteiger partial charge in [0.15, 0.2) is 0 Å². The Morgan fingerprint density at radius 3 is 2.44 bits per heavy atom. The number of carboxylic acids is 1. The van der Waals surface area contributed by atoms with Gasteiger partial charge in [-0.25, -0.2) is 0 Å². The van der Waals surface area contributed by atoms with E-state index in [2.05, 4.69) is 43.0 Å². The molecule has 1 atom stereocenters. The summed E-state index contributed by atoms with van der Waals surface area (Å²) in [4.78, 5) is 13.2. The van der Waals surface area contributed by atoms with E-state index in [0.29, 0.717) is 11.8 Å². The summed E-state index contributed by atoms with van der Waals surface area (Å²) in [5.41, 5.74) is 1.37. The Kier molecular flexibility index (Phi) is 4.02. The van der Waals surface area contributed by atoms with Gasteiger partial charge in [0.25, 0.3) is 0 Å². The summed E-state index contributed by atoms with van der Waals surface area (Å²) in [6.07, 6.45) is 0.249. The Hall–Kier alpha value is -1.35. The molecule has 1 aromatic rings. The van der Waals surface area contributed by atoms with Crippen molar-refractivity contribution in [2.75, 3.05) is 13.1 Å². The van der Waals surface area contributed by atoms with Gasteiger partial charge in [-0.1, -0.05) is 44.2 Å². The molecule has 0 radical (unpaired) electrons. The molecular formula is C15H21NO2. The predicted molar refractivity (Wildman–Crippen MR) is 71.6 cm³/mol. The minimum atomic E-state index is -0.697. The molecule has 3 heteroatoms. The first kappa shape index (κ1) is 13.1. The Morgan fingerprint density at radius 1 is 1.33 bits per heavy atom. The number of benzene rings is 1. The fraction of sp³-hybridized carbons (Fsp3) is 0.533. The minimum Gasteiger partial charge on any atom is -0.481 e. The molecule has 1 aromatic carbocycles. The van der Waals surface area contributed by atoms with Crippen LogP contribution >= 0.6 is 0 Å². The number of carbonyl (C=O) groups is 1. The summed E-state index contributed by atoms with van der Waals surface area (Å²) in [6.45, 7) is 6.17. The fourth-order valence-corrected chi connectivity index (χ4v) is 2.68. The number of aliphatic carboxylic acids is 1. The lowest BCUT2D eigenvalue weighted by Crippen LogP contribution is -2.53. The molecular weight excluding hydrogens is 226 g/mol. The van der Waals surface area contributed by atoms with E-state index >= 15 is 0 Å². The lowest BCUT2D eigenvalue weighted by atomic mass is 9.87. The van der Waals surface area contributed by atoms with Gasteiger partial charge in [-0.15, -0.1) is 0 Å². The molecule has 0 amide bonds. The van der Waals surface area contributed by atoms with Crippen LogP contribution in [0.1, 0.15) is 31.7 Å². The molecule has 0 aliphatic carbocycles. The monoisotopic (exact) mass is 247 g/mol. The molecule has 1 fully saturated rings. The summed E-state index contributed by atoms with van der Waals surface area (Å²) in [6, 6.07) is 10.6. The highest BCUT2D eigenvalue weighted by molar-refractivity contribution is 5.67. The smallest absolute Gasteiger partial charge is 0.304 e. The summed E-state index contributed by atoms with van der Waals surface area (Å²) in [5.74, 6) is 0.260. The van der Waals surface area contributed by atoms with E-state index in [-0.39, 0.29) is 12.5 Å². The number of likely N-dealkylation sites (tertiary alicyclic amines) is 1. The van der Waals surface area contributed by atoms with Crippen LogP contribution < -0.4 is 0 Å². The number of nitrogens with zero attached hydrogens (tertiary/aromatic N) is 1. The average Bonchev–Trinajstić information content (AvgIpc) is 2.26. The van der Waals surface area contributed by atoms with Crippen molar-refractivity contribution in [3.05, 3.63) is 35.9 Å². The summed E-state index contributed by atoms with van der Waals surface area (Å²) in [7, 11) is 0. The SMILES string of the molecule is CC(C)C(CC(=O)O)N1CC(c2ccccc2)C1. The van der Waals surface area contributed by atoms with Crippen LogP contribution in [0.25, 0.3) is 0 Å². The Labute approximate surface area is 108 Å². The zero-order valence-electron chi connectivity index (χ0n) is 11.0. The number of hydrogen-bond donors (Lipinski definition) is 1. The number of hydrogen-bond acceptors (Lipinski definition) is 2.